The van der Waals surface area contributed by atoms with Gasteiger partial charge in [0.15, 0.2) is 5.82 Å². The van der Waals surface area contributed by atoms with Gasteiger partial charge in [0.05, 0.1) is 25.5 Å². The summed E-state index contributed by atoms with van der Waals surface area (Å²) >= 11 is 0. The zero-order valence-corrected chi connectivity index (χ0v) is 17.4. The Balaban J connectivity index is 1.45. The molecular weight excluding hydrogens is 399 g/mol. The van der Waals surface area contributed by atoms with Crippen molar-refractivity contribution in [3.05, 3.63) is 82.8 Å². The topological polar surface area (TPSA) is 60.9 Å². The fourth-order valence-corrected chi connectivity index (χ4v) is 3.47. The van der Waals surface area contributed by atoms with Gasteiger partial charge in [0, 0.05) is 19.5 Å². The molecule has 1 aliphatic heterocycles. The quantitative estimate of drug-likeness (QED) is 0.576. The highest BCUT2D eigenvalue weighted by molar-refractivity contribution is 5.96. The number of rotatable bonds is 7. The molecule has 0 spiro atoms. The third-order valence-corrected chi connectivity index (χ3v) is 5.23. The SMILES string of the molecule is COc1ccc(COc2nc3c(cc2F)C(=O)N(Cc2ccc(OC)cc2)CC3)cc1. The van der Waals surface area contributed by atoms with E-state index in [2.05, 4.69) is 4.98 Å². The van der Waals surface area contributed by atoms with E-state index < -0.39 is 5.82 Å². The van der Waals surface area contributed by atoms with E-state index in [9.17, 15) is 9.18 Å². The molecule has 0 aliphatic carbocycles. The van der Waals surface area contributed by atoms with Crippen molar-refractivity contribution in [2.45, 2.75) is 19.6 Å². The lowest BCUT2D eigenvalue weighted by Crippen LogP contribution is -2.37. The zero-order valence-electron chi connectivity index (χ0n) is 17.4. The van der Waals surface area contributed by atoms with Gasteiger partial charge >= 0.3 is 0 Å². The number of carbonyl (C=O) groups is 1. The number of benzene rings is 2. The summed E-state index contributed by atoms with van der Waals surface area (Å²) in [7, 11) is 3.20. The molecule has 0 unspecified atom stereocenters. The van der Waals surface area contributed by atoms with E-state index in [0.29, 0.717) is 25.2 Å². The van der Waals surface area contributed by atoms with Gasteiger partial charge in [-0.1, -0.05) is 24.3 Å². The average Bonchev–Trinajstić information content (AvgIpc) is 2.81. The molecular formula is C24H23FN2O4. The smallest absolute Gasteiger partial charge is 0.256 e. The second kappa shape index (κ2) is 9.04. The number of fused-ring (bicyclic) bond motifs is 1. The van der Waals surface area contributed by atoms with Crippen LogP contribution in [-0.2, 0) is 19.6 Å². The number of amides is 1. The molecule has 0 saturated heterocycles. The minimum Gasteiger partial charge on any atom is -0.497 e. The minimum atomic E-state index is -0.646. The zero-order chi connectivity index (χ0) is 21.8. The molecule has 7 heteroatoms. The van der Waals surface area contributed by atoms with Gasteiger partial charge in [-0.15, -0.1) is 0 Å². The maximum atomic E-state index is 14.6. The van der Waals surface area contributed by atoms with E-state index in [4.69, 9.17) is 14.2 Å². The monoisotopic (exact) mass is 422 g/mol. The van der Waals surface area contributed by atoms with Crippen LogP contribution in [0.25, 0.3) is 0 Å². The van der Waals surface area contributed by atoms with E-state index in [1.807, 2.05) is 48.5 Å². The summed E-state index contributed by atoms with van der Waals surface area (Å²) in [6, 6.07) is 16.1. The summed E-state index contributed by atoms with van der Waals surface area (Å²) in [5, 5.41) is 0. The first-order valence-electron chi connectivity index (χ1n) is 9.94. The number of nitrogens with zero attached hydrogens (tertiary/aromatic N) is 2. The van der Waals surface area contributed by atoms with Gasteiger partial charge in [-0.3, -0.25) is 4.79 Å². The van der Waals surface area contributed by atoms with Crippen molar-refractivity contribution in [2.75, 3.05) is 20.8 Å². The summed E-state index contributed by atoms with van der Waals surface area (Å²) in [6.07, 6.45) is 0.538. The number of aromatic nitrogens is 1. The Morgan fingerprint density at radius 2 is 1.58 bits per heavy atom. The van der Waals surface area contributed by atoms with Gasteiger partial charge in [-0.2, -0.15) is 0 Å². The van der Waals surface area contributed by atoms with E-state index in [1.165, 1.54) is 6.07 Å². The lowest BCUT2D eigenvalue weighted by Gasteiger charge is -2.28. The first-order chi connectivity index (χ1) is 15.1. The largest absolute Gasteiger partial charge is 0.497 e. The molecule has 0 bridgehead atoms. The molecule has 2 aromatic carbocycles. The summed E-state index contributed by atoms with van der Waals surface area (Å²) < 4.78 is 30.5. The van der Waals surface area contributed by atoms with Gasteiger partial charge in [0.1, 0.15) is 18.1 Å². The Labute approximate surface area is 180 Å². The molecule has 3 aromatic rings. The number of hydrogen-bond donors (Lipinski definition) is 0. The van der Waals surface area contributed by atoms with Crippen molar-refractivity contribution < 1.29 is 23.4 Å². The molecule has 1 aliphatic rings. The average molecular weight is 422 g/mol. The maximum absolute atomic E-state index is 14.6. The molecule has 0 radical (unpaired) electrons. The van der Waals surface area contributed by atoms with Gasteiger partial charge in [0.2, 0.25) is 0 Å². The minimum absolute atomic E-state index is 0.0917. The molecule has 160 valence electrons. The highest BCUT2D eigenvalue weighted by Gasteiger charge is 2.27. The summed E-state index contributed by atoms with van der Waals surface area (Å²) in [5.41, 5.74) is 2.68. The lowest BCUT2D eigenvalue weighted by molar-refractivity contribution is 0.0723. The fourth-order valence-electron chi connectivity index (χ4n) is 3.47. The second-order valence-corrected chi connectivity index (χ2v) is 7.23. The molecule has 6 nitrogen and oxygen atoms in total. The lowest BCUT2D eigenvalue weighted by atomic mass is 10.0. The Morgan fingerprint density at radius 3 is 2.19 bits per heavy atom. The van der Waals surface area contributed by atoms with Crippen molar-refractivity contribution in [1.29, 1.82) is 0 Å². The van der Waals surface area contributed by atoms with Crippen LogP contribution in [0.2, 0.25) is 0 Å². The van der Waals surface area contributed by atoms with Crippen LogP contribution in [0.3, 0.4) is 0 Å². The number of pyridine rings is 1. The van der Waals surface area contributed by atoms with Crippen LogP contribution in [0, 0.1) is 5.82 Å². The molecule has 1 aromatic heterocycles. The molecule has 2 heterocycles. The van der Waals surface area contributed by atoms with Crippen molar-refractivity contribution in [3.8, 4) is 17.4 Å². The highest BCUT2D eigenvalue weighted by atomic mass is 19.1. The predicted octanol–water partition coefficient (Wildman–Crippen LogP) is 4.02. The van der Waals surface area contributed by atoms with Crippen LogP contribution in [0.1, 0.15) is 27.2 Å². The number of hydrogen-bond acceptors (Lipinski definition) is 5. The van der Waals surface area contributed by atoms with Crippen molar-refractivity contribution in [3.63, 3.8) is 0 Å². The Bertz CT molecular complexity index is 1070. The molecule has 0 N–H and O–H groups in total. The second-order valence-electron chi connectivity index (χ2n) is 7.23. The highest BCUT2D eigenvalue weighted by Crippen LogP contribution is 2.26. The standard InChI is InChI=1S/C24H23FN2O4/c1-29-18-7-3-16(4-8-18)14-27-12-11-22-20(24(27)28)13-21(25)23(26-22)31-15-17-5-9-19(30-2)10-6-17/h3-10,13H,11-12,14-15H2,1-2H3. The molecule has 0 saturated carbocycles. The van der Waals surface area contributed by atoms with Gasteiger partial charge in [0.25, 0.3) is 11.8 Å². The molecule has 0 atom stereocenters. The van der Waals surface area contributed by atoms with Gasteiger partial charge < -0.3 is 19.1 Å². The fraction of sp³-hybridized carbons (Fsp3) is 0.250. The number of methoxy groups -OCH3 is 2. The van der Waals surface area contributed by atoms with Gasteiger partial charge in [-0.25, -0.2) is 9.37 Å². The van der Waals surface area contributed by atoms with Crippen LogP contribution in [-0.4, -0.2) is 36.6 Å². The van der Waals surface area contributed by atoms with Crippen LogP contribution in [0.4, 0.5) is 4.39 Å². The number of ether oxygens (including phenoxy) is 3. The van der Waals surface area contributed by atoms with E-state index in [0.717, 1.165) is 22.6 Å². The Morgan fingerprint density at radius 1 is 0.968 bits per heavy atom. The van der Waals surface area contributed by atoms with E-state index in [1.54, 1.807) is 19.1 Å². The van der Waals surface area contributed by atoms with Crippen LogP contribution >= 0.6 is 0 Å². The van der Waals surface area contributed by atoms with E-state index in [-0.39, 0.29) is 24.0 Å². The summed E-state index contributed by atoms with van der Waals surface area (Å²) in [4.78, 5) is 18.9. The third kappa shape index (κ3) is 4.60. The number of carbonyl (C=O) groups excluding carboxylic acids is 1. The van der Waals surface area contributed by atoms with E-state index >= 15 is 0 Å². The maximum Gasteiger partial charge on any atom is 0.256 e. The van der Waals surface area contributed by atoms with Gasteiger partial charge in [-0.05, 0) is 41.5 Å². The Hall–Kier alpha value is -3.61. The van der Waals surface area contributed by atoms with Crippen molar-refractivity contribution >= 4 is 5.91 Å². The molecule has 0 fully saturated rings. The van der Waals surface area contributed by atoms with Crippen LogP contribution < -0.4 is 14.2 Å². The molecule has 4 rings (SSSR count). The molecule has 1 amide bonds. The van der Waals surface area contributed by atoms with Crippen molar-refractivity contribution in [2.24, 2.45) is 0 Å². The first kappa shape index (κ1) is 20.7. The predicted molar refractivity (Wildman–Crippen MR) is 113 cm³/mol. The Kier molecular flexibility index (Phi) is 6.02. The summed E-state index contributed by atoms with van der Waals surface area (Å²) in [6.45, 7) is 1.12. The first-order valence-corrected chi connectivity index (χ1v) is 9.94. The van der Waals surface area contributed by atoms with Crippen LogP contribution in [0.5, 0.6) is 17.4 Å². The van der Waals surface area contributed by atoms with Crippen LogP contribution in [0.15, 0.2) is 54.6 Å². The number of halogens is 1. The summed E-state index contributed by atoms with van der Waals surface area (Å²) in [5.74, 6) is 0.523. The van der Waals surface area contributed by atoms with Crippen molar-refractivity contribution in [1.82, 2.24) is 9.88 Å². The molecule has 31 heavy (non-hydrogen) atoms. The normalized spacial score (nSPS) is 13.0. The third-order valence-electron chi connectivity index (χ3n) is 5.23.